The van der Waals surface area contributed by atoms with Crippen molar-refractivity contribution in [2.24, 2.45) is 5.92 Å². The molecule has 2 aliphatic heterocycles. The quantitative estimate of drug-likeness (QED) is 0.853. The highest BCUT2D eigenvalue weighted by atomic mass is 16.2. The number of likely N-dealkylation sites (N-methyl/N-ethyl adjacent to an activating group) is 1. The molecule has 0 bridgehead atoms. The first kappa shape index (κ1) is 16.5. The van der Waals surface area contributed by atoms with Gasteiger partial charge in [-0.3, -0.25) is 9.69 Å². The van der Waals surface area contributed by atoms with Crippen LogP contribution < -0.4 is 0 Å². The second kappa shape index (κ2) is 7.45. The molecule has 1 aromatic rings. The summed E-state index contributed by atoms with van der Waals surface area (Å²) < 4.78 is 0. The molecule has 0 atom stereocenters. The number of aryl methyl sites for hydroxylation is 1. The van der Waals surface area contributed by atoms with Gasteiger partial charge in [-0.15, -0.1) is 0 Å². The van der Waals surface area contributed by atoms with Crippen LogP contribution in [-0.4, -0.2) is 66.9 Å². The van der Waals surface area contributed by atoms with Crippen molar-refractivity contribution < 1.29 is 4.79 Å². The fourth-order valence-corrected chi connectivity index (χ4v) is 3.69. The lowest BCUT2D eigenvalue weighted by molar-refractivity contribution is -0.138. The normalized spacial score (nSPS) is 21.6. The summed E-state index contributed by atoms with van der Waals surface area (Å²) in [6.45, 7) is 9.06. The second-order valence-electron chi connectivity index (χ2n) is 7.17. The minimum absolute atomic E-state index is 0.243. The van der Waals surface area contributed by atoms with Gasteiger partial charge in [0.25, 0.3) is 0 Å². The Hall–Kier alpha value is -1.39. The highest BCUT2D eigenvalue weighted by Gasteiger charge is 2.29. The monoisotopic (exact) mass is 315 g/mol. The zero-order valence-corrected chi connectivity index (χ0v) is 14.5. The number of benzene rings is 1. The molecule has 1 amide bonds. The number of amides is 1. The first-order valence-electron chi connectivity index (χ1n) is 8.87. The van der Waals surface area contributed by atoms with Crippen molar-refractivity contribution in [2.45, 2.75) is 26.3 Å². The van der Waals surface area contributed by atoms with Gasteiger partial charge >= 0.3 is 0 Å². The molecule has 2 heterocycles. The first-order chi connectivity index (χ1) is 11.1. The first-order valence-corrected chi connectivity index (χ1v) is 8.87. The smallest absolute Gasteiger partial charge is 0.225 e. The predicted octanol–water partition coefficient (Wildman–Crippen LogP) is 1.98. The summed E-state index contributed by atoms with van der Waals surface area (Å²) in [6, 6.07) is 8.74. The number of nitrogens with zero attached hydrogens (tertiary/aromatic N) is 3. The highest BCUT2D eigenvalue weighted by molar-refractivity contribution is 5.79. The van der Waals surface area contributed by atoms with Crippen LogP contribution >= 0.6 is 0 Å². The Morgan fingerprint density at radius 2 is 1.78 bits per heavy atom. The van der Waals surface area contributed by atoms with Crippen LogP contribution in [0.1, 0.15) is 24.0 Å². The number of piperidine rings is 1. The standard InChI is InChI=1S/C19H29N3O/c1-16-4-3-5-17(14-16)15-21-8-6-18(7-9-21)19(23)22-12-10-20(2)11-13-22/h3-5,14,18H,6-13,15H2,1-2H3. The zero-order valence-electron chi connectivity index (χ0n) is 14.5. The van der Waals surface area contributed by atoms with Crippen molar-refractivity contribution in [3.8, 4) is 0 Å². The number of piperazine rings is 1. The molecule has 0 aromatic heterocycles. The molecule has 3 rings (SSSR count). The van der Waals surface area contributed by atoms with Crippen molar-refractivity contribution in [3.63, 3.8) is 0 Å². The maximum absolute atomic E-state index is 12.7. The molecule has 0 spiro atoms. The summed E-state index contributed by atoms with van der Waals surface area (Å²) in [4.78, 5) is 19.5. The van der Waals surface area contributed by atoms with Crippen LogP contribution in [0, 0.1) is 12.8 Å². The van der Waals surface area contributed by atoms with Gasteiger partial charge in [0.2, 0.25) is 5.91 Å². The van der Waals surface area contributed by atoms with E-state index in [1.54, 1.807) is 0 Å². The van der Waals surface area contributed by atoms with E-state index < -0.39 is 0 Å². The molecule has 2 aliphatic rings. The number of hydrogen-bond acceptors (Lipinski definition) is 3. The molecule has 4 nitrogen and oxygen atoms in total. The summed E-state index contributed by atoms with van der Waals surface area (Å²) in [5.41, 5.74) is 2.71. The van der Waals surface area contributed by atoms with E-state index in [1.807, 2.05) is 0 Å². The number of rotatable bonds is 3. The van der Waals surface area contributed by atoms with Crippen LogP contribution in [0.2, 0.25) is 0 Å². The van der Waals surface area contributed by atoms with Gasteiger partial charge in [-0.25, -0.2) is 0 Å². The minimum Gasteiger partial charge on any atom is -0.340 e. The molecule has 0 unspecified atom stereocenters. The summed E-state index contributed by atoms with van der Waals surface area (Å²) in [5.74, 6) is 0.639. The Labute approximate surface area is 140 Å². The summed E-state index contributed by atoms with van der Waals surface area (Å²) in [5, 5.41) is 0. The molecule has 0 N–H and O–H groups in total. The lowest BCUT2D eigenvalue weighted by Crippen LogP contribution is -2.50. The maximum Gasteiger partial charge on any atom is 0.225 e. The van der Waals surface area contributed by atoms with E-state index >= 15 is 0 Å². The number of hydrogen-bond donors (Lipinski definition) is 0. The maximum atomic E-state index is 12.7. The summed E-state index contributed by atoms with van der Waals surface area (Å²) in [6.07, 6.45) is 2.02. The Morgan fingerprint density at radius 3 is 2.43 bits per heavy atom. The van der Waals surface area contributed by atoms with Crippen molar-refractivity contribution in [1.82, 2.24) is 14.7 Å². The Kier molecular flexibility index (Phi) is 5.34. The van der Waals surface area contributed by atoms with Gasteiger partial charge in [0, 0.05) is 38.6 Å². The Morgan fingerprint density at radius 1 is 1.09 bits per heavy atom. The molecule has 2 saturated heterocycles. The molecule has 2 fully saturated rings. The molecule has 1 aromatic carbocycles. The lowest BCUT2D eigenvalue weighted by Gasteiger charge is -2.37. The zero-order chi connectivity index (χ0) is 16.2. The van der Waals surface area contributed by atoms with E-state index in [0.717, 1.165) is 58.7 Å². The highest BCUT2D eigenvalue weighted by Crippen LogP contribution is 2.22. The average molecular weight is 315 g/mol. The molecular weight excluding hydrogens is 286 g/mol. The predicted molar refractivity (Wildman–Crippen MR) is 93.3 cm³/mol. The lowest BCUT2D eigenvalue weighted by atomic mass is 9.94. The second-order valence-corrected chi connectivity index (χ2v) is 7.17. The molecule has 0 aliphatic carbocycles. The number of carbonyl (C=O) groups excluding carboxylic acids is 1. The van der Waals surface area contributed by atoms with E-state index in [0.29, 0.717) is 5.91 Å². The minimum atomic E-state index is 0.243. The van der Waals surface area contributed by atoms with Gasteiger partial charge in [-0.2, -0.15) is 0 Å². The van der Waals surface area contributed by atoms with Crippen LogP contribution in [0.15, 0.2) is 24.3 Å². The number of likely N-dealkylation sites (tertiary alicyclic amines) is 1. The number of carbonyl (C=O) groups is 1. The van der Waals surface area contributed by atoms with Crippen molar-refractivity contribution >= 4 is 5.91 Å². The van der Waals surface area contributed by atoms with Crippen LogP contribution in [0.25, 0.3) is 0 Å². The van der Waals surface area contributed by atoms with Crippen LogP contribution in [0.4, 0.5) is 0 Å². The SMILES string of the molecule is Cc1cccc(CN2CCC(C(=O)N3CCN(C)CC3)CC2)c1. The third-order valence-corrected chi connectivity index (χ3v) is 5.24. The van der Waals surface area contributed by atoms with Crippen LogP contribution in [0.5, 0.6) is 0 Å². The van der Waals surface area contributed by atoms with E-state index in [2.05, 4.69) is 52.9 Å². The molecule has 0 radical (unpaired) electrons. The third kappa shape index (κ3) is 4.33. The topological polar surface area (TPSA) is 26.8 Å². The van der Waals surface area contributed by atoms with Crippen molar-refractivity contribution in [1.29, 1.82) is 0 Å². The van der Waals surface area contributed by atoms with E-state index in [9.17, 15) is 4.79 Å². The average Bonchev–Trinajstić information content (AvgIpc) is 2.56. The van der Waals surface area contributed by atoms with Gasteiger partial charge in [0.05, 0.1) is 0 Å². The molecule has 0 saturated carbocycles. The van der Waals surface area contributed by atoms with Gasteiger partial charge in [-0.1, -0.05) is 29.8 Å². The van der Waals surface area contributed by atoms with Crippen LogP contribution in [-0.2, 0) is 11.3 Å². The molecule has 23 heavy (non-hydrogen) atoms. The third-order valence-electron chi connectivity index (χ3n) is 5.24. The van der Waals surface area contributed by atoms with Gasteiger partial charge in [0.1, 0.15) is 0 Å². The van der Waals surface area contributed by atoms with Crippen molar-refractivity contribution in [2.75, 3.05) is 46.3 Å². The summed E-state index contributed by atoms with van der Waals surface area (Å²) in [7, 11) is 2.13. The molecule has 126 valence electrons. The van der Waals surface area contributed by atoms with Gasteiger partial charge in [-0.05, 0) is 45.5 Å². The largest absolute Gasteiger partial charge is 0.340 e. The van der Waals surface area contributed by atoms with Gasteiger partial charge in [0.15, 0.2) is 0 Å². The fraction of sp³-hybridized carbons (Fsp3) is 0.632. The van der Waals surface area contributed by atoms with Gasteiger partial charge < -0.3 is 9.80 Å². The van der Waals surface area contributed by atoms with E-state index in [4.69, 9.17) is 0 Å². The summed E-state index contributed by atoms with van der Waals surface area (Å²) >= 11 is 0. The van der Waals surface area contributed by atoms with Crippen LogP contribution in [0.3, 0.4) is 0 Å². The van der Waals surface area contributed by atoms with Crippen molar-refractivity contribution in [3.05, 3.63) is 35.4 Å². The Balaban J connectivity index is 1.47. The van der Waals surface area contributed by atoms with E-state index in [-0.39, 0.29) is 5.92 Å². The van der Waals surface area contributed by atoms with E-state index in [1.165, 1.54) is 11.1 Å². The fourth-order valence-electron chi connectivity index (χ4n) is 3.69. The Bertz CT molecular complexity index is 529. The molecule has 4 heteroatoms. The molecular formula is C19H29N3O.